The quantitative estimate of drug-likeness (QED) is 0.865. The van der Waals surface area contributed by atoms with Gasteiger partial charge >= 0.3 is 0 Å². The molecule has 1 aliphatic rings. The minimum absolute atomic E-state index is 0.0201. The van der Waals surface area contributed by atoms with E-state index in [1.807, 2.05) is 17.0 Å². The molecule has 2 aromatic heterocycles. The van der Waals surface area contributed by atoms with Crippen molar-refractivity contribution in [2.45, 2.75) is 25.0 Å². The molecule has 1 amide bonds. The molecule has 1 fully saturated rings. The van der Waals surface area contributed by atoms with E-state index >= 15 is 0 Å². The lowest BCUT2D eigenvalue weighted by Crippen LogP contribution is -2.41. The molecule has 22 heavy (non-hydrogen) atoms. The summed E-state index contributed by atoms with van der Waals surface area (Å²) in [7, 11) is 1.71. The molecule has 2 atom stereocenters. The van der Waals surface area contributed by atoms with Crippen molar-refractivity contribution in [1.29, 1.82) is 0 Å². The van der Waals surface area contributed by atoms with Crippen molar-refractivity contribution in [3.8, 4) is 0 Å². The molecule has 2 aromatic rings. The standard InChI is InChI=1S/C17H19N3O2/c1-22-16-6-10-20(17(21)14-3-2-7-19-12-14)15(16)11-13-4-8-18-9-5-13/h2-5,7-9,12,15-16H,6,10-11H2,1H3/t15-,16-/m1/s1. The highest BCUT2D eigenvalue weighted by molar-refractivity contribution is 5.94. The fourth-order valence-corrected chi connectivity index (χ4v) is 3.01. The van der Waals surface area contributed by atoms with E-state index in [9.17, 15) is 4.79 Å². The molecule has 0 N–H and O–H groups in total. The van der Waals surface area contributed by atoms with Gasteiger partial charge in [0, 0.05) is 38.4 Å². The molecule has 114 valence electrons. The number of carbonyl (C=O) groups is 1. The minimum Gasteiger partial charge on any atom is -0.379 e. The summed E-state index contributed by atoms with van der Waals surface area (Å²) in [5.74, 6) is 0.0201. The molecule has 0 aromatic carbocycles. The second-order valence-electron chi connectivity index (χ2n) is 5.43. The predicted octanol–water partition coefficient (Wildman–Crippen LogP) is 1.95. The first-order chi connectivity index (χ1) is 10.8. The van der Waals surface area contributed by atoms with Gasteiger partial charge in [0.05, 0.1) is 17.7 Å². The van der Waals surface area contributed by atoms with E-state index in [4.69, 9.17) is 4.74 Å². The van der Waals surface area contributed by atoms with Gasteiger partial charge in [-0.05, 0) is 42.7 Å². The van der Waals surface area contributed by atoms with Crippen LogP contribution in [-0.4, -0.2) is 46.6 Å². The van der Waals surface area contributed by atoms with Crippen LogP contribution in [0.4, 0.5) is 0 Å². The summed E-state index contributed by atoms with van der Waals surface area (Å²) in [6.07, 6.45) is 8.54. The second kappa shape index (κ2) is 6.66. The van der Waals surface area contributed by atoms with Gasteiger partial charge in [0.15, 0.2) is 0 Å². The number of nitrogens with zero attached hydrogens (tertiary/aromatic N) is 3. The Morgan fingerprint density at radius 3 is 2.77 bits per heavy atom. The van der Waals surface area contributed by atoms with Crippen LogP contribution in [0.2, 0.25) is 0 Å². The number of methoxy groups -OCH3 is 1. The van der Waals surface area contributed by atoms with E-state index in [2.05, 4.69) is 9.97 Å². The van der Waals surface area contributed by atoms with Gasteiger partial charge in [-0.25, -0.2) is 0 Å². The van der Waals surface area contributed by atoms with Crippen LogP contribution in [0.1, 0.15) is 22.3 Å². The molecule has 1 saturated heterocycles. The van der Waals surface area contributed by atoms with E-state index in [-0.39, 0.29) is 18.1 Å². The predicted molar refractivity (Wildman–Crippen MR) is 82.4 cm³/mol. The zero-order valence-corrected chi connectivity index (χ0v) is 12.6. The maximum absolute atomic E-state index is 12.7. The molecule has 0 radical (unpaired) electrons. The Morgan fingerprint density at radius 1 is 1.27 bits per heavy atom. The number of likely N-dealkylation sites (tertiary alicyclic amines) is 1. The summed E-state index contributed by atoms with van der Waals surface area (Å²) < 4.78 is 5.59. The van der Waals surface area contributed by atoms with Gasteiger partial charge in [-0.2, -0.15) is 0 Å². The number of aromatic nitrogens is 2. The van der Waals surface area contributed by atoms with Crippen LogP contribution in [0, 0.1) is 0 Å². The molecule has 1 aliphatic heterocycles. The maximum atomic E-state index is 12.7. The van der Waals surface area contributed by atoms with Gasteiger partial charge in [0.1, 0.15) is 0 Å². The van der Waals surface area contributed by atoms with Crippen molar-refractivity contribution >= 4 is 5.91 Å². The fourth-order valence-electron chi connectivity index (χ4n) is 3.01. The molecule has 0 unspecified atom stereocenters. The summed E-state index contributed by atoms with van der Waals surface area (Å²) in [5.41, 5.74) is 1.78. The molecule has 5 nitrogen and oxygen atoms in total. The zero-order chi connectivity index (χ0) is 15.4. The third-order valence-corrected chi connectivity index (χ3v) is 4.15. The third-order valence-electron chi connectivity index (χ3n) is 4.15. The summed E-state index contributed by atoms with van der Waals surface area (Å²) in [6, 6.07) is 7.60. The Hall–Kier alpha value is -2.27. The zero-order valence-electron chi connectivity index (χ0n) is 12.6. The third kappa shape index (κ3) is 2.99. The topological polar surface area (TPSA) is 55.3 Å². The van der Waals surface area contributed by atoms with Crippen LogP contribution in [0.5, 0.6) is 0 Å². The lowest BCUT2D eigenvalue weighted by molar-refractivity contribution is 0.0508. The average Bonchev–Trinajstić information content (AvgIpc) is 2.98. The monoisotopic (exact) mass is 297 g/mol. The van der Waals surface area contributed by atoms with E-state index < -0.39 is 0 Å². The molecule has 0 spiro atoms. The van der Waals surface area contributed by atoms with Crippen molar-refractivity contribution in [3.05, 3.63) is 60.2 Å². The highest BCUT2D eigenvalue weighted by Crippen LogP contribution is 2.25. The Labute approximate surface area is 130 Å². The van der Waals surface area contributed by atoms with Crippen molar-refractivity contribution in [1.82, 2.24) is 14.9 Å². The molecule has 3 heterocycles. The second-order valence-corrected chi connectivity index (χ2v) is 5.43. The molecule has 5 heteroatoms. The Bertz CT molecular complexity index is 618. The van der Waals surface area contributed by atoms with E-state index in [0.717, 1.165) is 18.4 Å². The molecule has 0 bridgehead atoms. The Kier molecular flexibility index (Phi) is 4.44. The number of pyridine rings is 2. The van der Waals surface area contributed by atoms with Crippen LogP contribution >= 0.6 is 0 Å². The molecule has 3 rings (SSSR count). The summed E-state index contributed by atoms with van der Waals surface area (Å²) >= 11 is 0. The normalized spacial score (nSPS) is 21.0. The summed E-state index contributed by atoms with van der Waals surface area (Å²) in [5, 5.41) is 0. The van der Waals surface area contributed by atoms with Crippen LogP contribution in [0.25, 0.3) is 0 Å². The van der Waals surface area contributed by atoms with Gasteiger partial charge in [-0.3, -0.25) is 14.8 Å². The van der Waals surface area contributed by atoms with Gasteiger partial charge in [0.25, 0.3) is 5.91 Å². The summed E-state index contributed by atoms with van der Waals surface area (Å²) in [6.45, 7) is 0.710. The van der Waals surface area contributed by atoms with Crippen molar-refractivity contribution in [2.24, 2.45) is 0 Å². The molecular formula is C17H19N3O2. The van der Waals surface area contributed by atoms with Crippen molar-refractivity contribution in [3.63, 3.8) is 0 Å². The average molecular weight is 297 g/mol. The first kappa shape index (κ1) is 14.7. The number of amides is 1. The molecular weight excluding hydrogens is 278 g/mol. The number of ether oxygens (including phenoxy) is 1. The number of rotatable bonds is 4. The Balaban J connectivity index is 1.81. The van der Waals surface area contributed by atoms with Gasteiger partial charge in [0.2, 0.25) is 0 Å². The van der Waals surface area contributed by atoms with Crippen LogP contribution in [0.15, 0.2) is 49.1 Å². The lowest BCUT2D eigenvalue weighted by atomic mass is 10.0. The largest absolute Gasteiger partial charge is 0.379 e. The van der Waals surface area contributed by atoms with E-state index in [1.54, 1.807) is 44.0 Å². The Morgan fingerprint density at radius 2 is 2.09 bits per heavy atom. The first-order valence-electron chi connectivity index (χ1n) is 7.42. The minimum atomic E-state index is 0.0201. The summed E-state index contributed by atoms with van der Waals surface area (Å²) in [4.78, 5) is 22.7. The van der Waals surface area contributed by atoms with Crippen LogP contribution in [0.3, 0.4) is 0 Å². The number of hydrogen-bond donors (Lipinski definition) is 0. The molecule has 0 aliphatic carbocycles. The van der Waals surface area contributed by atoms with E-state index in [1.165, 1.54) is 0 Å². The maximum Gasteiger partial charge on any atom is 0.255 e. The highest BCUT2D eigenvalue weighted by atomic mass is 16.5. The lowest BCUT2D eigenvalue weighted by Gasteiger charge is -2.27. The van der Waals surface area contributed by atoms with E-state index in [0.29, 0.717) is 12.1 Å². The SMILES string of the molecule is CO[C@@H]1CCN(C(=O)c2cccnc2)[C@@H]1Cc1ccncc1. The van der Waals surface area contributed by atoms with Crippen LogP contribution in [-0.2, 0) is 11.2 Å². The number of carbonyl (C=O) groups excluding carboxylic acids is 1. The highest BCUT2D eigenvalue weighted by Gasteiger charge is 2.37. The molecule has 0 saturated carbocycles. The van der Waals surface area contributed by atoms with Crippen LogP contribution < -0.4 is 0 Å². The van der Waals surface area contributed by atoms with Crippen molar-refractivity contribution < 1.29 is 9.53 Å². The van der Waals surface area contributed by atoms with Gasteiger partial charge < -0.3 is 9.64 Å². The fraction of sp³-hybridized carbons (Fsp3) is 0.353. The van der Waals surface area contributed by atoms with Gasteiger partial charge in [-0.1, -0.05) is 0 Å². The van der Waals surface area contributed by atoms with Gasteiger partial charge in [-0.15, -0.1) is 0 Å². The number of hydrogen-bond acceptors (Lipinski definition) is 4. The van der Waals surface area contributed by atoms with Crippen molar-refractivity contribution in [2.75, 3.05) is 13.7 Å². The smallest absolute Gasteiger partial charge is 0.255 e. The first-order valence-corrected chi connectivity index (χ1v) is 7.42.